The highest BCUT2D eigenvalue weighted by atomic mass is 19.1. The summed E-state index contributed by atoms with van der Waals surface area (Å²) in [6, 6.07) is 5.15. The van der Waals surface area contributed by atoms with E-state index in [1.54, 1.807) is 12.1 Å². The van der Waals surface area contributed by atoms with Crippen molar-refractivity contribution in [1.82, 2.24) is 9.55 Å². The zero-order valence-electron chi connectivity index (χ0n) is 12.0. The summed E-state index contributed by atoms with van der Waals surface area (Å²) < 4.78 is 15.7. The summed E-state index contributed by atoms with van der Waals surface area (Å²) in [5.41, 5.74) is 7.92. The van der Waals surface area contributed by atoms with Crippen LogP contribution >= 0.6 is 0 Å². The van der Waals surface area contributed by atoms with Crippen LogP contribution in [0.25, 0.3) is 11.0 Å². The van der Waals surface area contributed by atoms with Crippen molar-refractivity contribution in [3.05, 3.63) is 29.8 Å². The van der Waals surface area contributed by atoms with E-state index in [4.69, 9.17) is 10.7 Å². The van der Waals surface area contributed by atoms with Gasteiger partial charge >= 0.3 is 0 Å². The Labute approximate surface area is 119 Å². The number of fused-ring (bicyclic) bond motifs is 1. The van der Waals surface area contributed by atoms with E-state index in [-0.39, 0.29) is 11.9 Å². The molecule has 3 rings (SSSR count). The molecule has 1 aliphatic rings. The number of nitrogens with two attached hydrogens (primary N) is 1. The normalized spacial score (nSPS) is 23.4. The quantitative estimate of drug-likeness (QED) is 0.930. The largest absolute Gasteiger partial charge is 0.328 e. The molecule has 0 spiro atoms. The van der Waals surface area contributed by atoms with Gasteiger partial charge in [0, 0.05) is 18.5 Å². The van der Waals surface area contributed by atoms with Gasteiger partial charge in [-0.25, -0.2) is 9.37 Å². The van der Waals surface area contributed by atoms with E-state index in [1.165, 1.54) is 6.07 Å². The minimum atomic E-state index is -0.193. The maximum Gasteiger partial charge on any atom is 0.125 e. The SMILES string of the molecule is CCCn1c(C2CCCC(N)C2)nc2ccc(F)cc21. The van der Waals surface area contributed by atoms with E-state index < -0.39 is 0 Å². The van der Waals surface area contributed by atoms with Crippen LogP contribution in [0, 0.1) is 5.82 Å². The summed E-state index contributed by atoms with van der Waals surface area (Å²) in [6.07, 6.45) is 5.43. The zero-order valence-corrected chi connectivity index (χ0v) is 12.0. The molecule has 3 nitrogen and oxygen atoms in total. The highest BCUT2D eigenvalue weighted by Crippen LogP contribution is 2.33. The molecule has 2 N–H and O–H groups in total. The van der Waals surface area contributed by atoms with Gasteiger partial charge in [-0.3, -0.25) is 0 Å². The average molecular weight is 275 g/mol. The standard InChI is InChI=1S/C16H22FN3/c1-2-8-20-15-10-12(17)6-7-14(15)19-16(20)11-4-3-5-13(18)9-11/h6-7,10-11,13H,2-5,8-9,18H2,1H3. The maximum atomic E-state index is 13.5. The van der Waals surface area contributed by atoms with Gasteiger partial charge in [-0.1, -0.05) is 13.3 Å². The van der Waals surface area contributed by atoms with Crippen molar-refractivity contribution in [2.45, 2.75) is 57.5 Å². The van der Waals surface area contributed by atoms with Crippen LogP contribution in [0.5, 0.6) is 0 Å². The van der Waals surface area contributed by atoms with Crippen molar-refractivity contribution < 1.29 is 4.39 Å². The smallest absolute Gasteiger partial charge is 0.125 e. The third-order valence-corrected chi connectivity index (χ3v) is 4.27. The van der Waals surface area contributed by atoms with Crippen molar-refractivity contribution in [2.24, 2.45) is 5.73 Å². The molecule has 4 heteroatoms. The topological polar surface area (TPSA) is 43.8 Å². The van der Waals surface area contributed by atoms with Gasteiger partial charge in [-0.2, -0.15) is 0 Å². The second-order valence-corrected chi connectivity index (χ2v) is 5.88. The number of imidazole rings is 1. The second kappa shape index (κ2) is 5.52. The minimum absolute atomic E-state index is 0.193. The van der Waals surface area contributed by atoms with Gasteiger partial charge in [0.15, 0.2) is 0 Å². The fraction of sp³-hybridized carbons (Fsp3) is 0.562. The highest BCUT2D eigenvalue weighted by molar-refractivity contribution is 5.76. The van der Waals surface area contributed by atoms with Gasteiger partial charge in [0.2, 0.25) is 0 Å². The summed E-state index contributed by atoms with van der Waals surface area (Å²) in [6.45, 7) is 3.03. The van der Waals surface area contributed by atoms with Crippen LogP contribution in [-0.4, -0.2) is 15.6 Å². The van der Waals surface area contributed by atoms with Crippen molar-refractivity contribution in [3.63, 3.8) is 0 Å². The highest BCUT2D eigenvalue weighted by Gasteiger charge is 2.25. The molecule has 0 amide bonds. The maximum absolute atomic E-state index is 13.5. The van der Waals surface area contributed by atoms with Gasteiger partial charge < -0.3 is 10.3 Å². The van der Waals surface area contributed by atoms with E-state index in [0.717, 1.165) is 55.5 Å². The number of halogens is 1. The fourth-order valence-electron chi connectivity index (χ4n) is 3.35. The molecule has 1 heterocycles. The Bertz CT molecular complexity index is 605. The lowest BCUT2D eigenvalue weighted by Crippen LogP contribution is -2.28. The molecule has 0 bridgehead atoms. The predicted octanol–water partition coefficient (Wildman–Crippen LogP) is 3.57. The van der Waals surface area contributed by atoms with Crippen LogP contribution < -0.4 is 5.73 Å². The van der Waals surface area contributed by atoms with E-state index in [1.807, 2.05) is 0 Å². The number of hydrogen-bond donors (Lipinski definition) is 1. The van der Waals surface area contributed by atoms with Gasteiger partial charge in [-0.15, -0.1) is 0 Å². The Balaban J connectivity index is 2.06. The summed E-state index contributed by atoms with van der Waals surface area (Å²) in [4.78, 5) is 4.77. The first-order valence-electron chi connectivity index (χ1n) is 7.60. The zero-order chi connectivity index (χ0) is 14.1. The number of benzene rings is 1. The molecule has 1 aromatic carbocycles. The molecule has 1 fully saturated rings. The molecule has 108 valence electrons. The van der Waals surface area contributed by atoms with E-state index in [2.05, 4.69) is 11.5 Å². The van der Waals surface area contributed by atoms with E-state index in [9.17, 15) is 4.39 Å². The van der Waals surface area contributed by atoms with Crippen LogP contribution in [0.3, 0.4) is 0 Å². The number of hydrogen-bond acceptors (Lipinski definition) is 2. The Hall–Kier alpha value is -1.42. The van der Waals surface area contributed by atoms with Crippen LogP contribution in [-0.2, 0) is 6.54 Å². The molecule has 1 saturated carbocycles. The van der Waals surface area contributed by atoms with Crippen molar-refractivity contribution in [2.75, 3.05) is 0 Å². The molecular formula is C16H22FN3. The summed E-state index contributed by atoms with van der Waals surface area (Å²) in [5, 5.41) is 0. The van der Waals surface area contributed by atoms with Crippen LogP contribution in [0.4, 0.5) is 4.39 Å². The first-order valence-corrected chi connectivity index (χ1v) is 7.60. The minimum Gasteiger partial charge on any atom is -0.328 e. The summed E-state index contributed by atoms with van der Waals surface area (Å²) in [7, 11) is 0. The molecule has 2 atom stereocenters. The average Bonchev–Trinajstić information content (AvgIpc) is 2.78. The molecule has 1 aliphatic carbocycles. The Morgan fingerprint density at radius 3 is 3.00 bits per heavy atom. The summed E-state index contributed by atoms with van der Waals surface area (Å²) >= 11 is 0. The second-order valence-electron chi connectivity index (χ2n) is 5.88. The molecule has 2 aromatic rings. The van der Waals surface area contributed by atoms with Crippen molar-refractivity contribution in [3.8, 4) is 0 Å². The van der Waals surface area contributed by atoms with E-state index >= 15 is 0 Å². The van der Waals surface area contributed by atoms with Gasteiger partial charge in [0.05, 0.1) is 11.0 Å². The number of aromatic nitrogens is 2. The lowest BCUT2D eigenvalue weighted by molar-refractivity contribution is 0.374. The molecular weight excluding hydrogens is 253 g/mol. The summed E-state index contributed by atoms with van der Waals surface area (Å²) in [5.74, 6) is 1.32. The monoisotopic (exact) mass is 275 g/mol. The van der Waals surface area contributed by atoms with Crippen LogP contribution in [0.1, 0.15) is 50.8 Å². The lowest BCUT2D eigenvalue weighted by Gasteiger charge is -2.26. The van der Waals surface area contributed by atoms with Gasteiger partial charge in [0.1, 0.15) is 11.6 Å². The molecule has 2 unspecified atom stereocenters. The molecule has 1 aromatic heterocycles. The third-order valence-electron chi connectivity index (χ3n) is 4.27. The Kier molecular flexibility index (Phi) is 3.74. The Morgan fingerprint density at radius 2 is 2.25 bits per heavy atom. The first kappa shape index (κ1) is 13.6. The number of nitrogens with zero attached hydrogens (tertiary/aromatic N) is 2. The van der Waals surface area contributed by atoms with Crippen molar-refractivity contribution in [1.29, 1.82) is 0 Å². The molecule has 0 radical (unpaired) electrons. The van der Waals surface area contributed by atoms with Crippen molar-refractivity contribution >= 4 is 11.0 Å². The predicted molar refractivity (Wildman–Crippen MR) is 79.2 cm³/mol. The van der Waals surface area contributed by atoms with E-state index in [0.29, 0.717) is 5.92 Å². The molecule has 0 aliphatic heterocycles. The van der Waals surface area contributed by atoms with Crippen LogP contribution in [0.15, 0.2) is 18.2 Å². The van der Waals surface area contributed by atoms with Gasteiger partial charge in [-0.05, 0) is 43.9 Å². The first-order chi connectivity index (χ1) is 9.69. The lowest BCUT2D eigenvalue weighted by atomic mass is 9.85. The number of rotatable bonds is 3. The Morgan fingerprint density at radius 1 is 1.40 bits per heavy atom. The number of aryl methyl sites for hydroxylation is 1. The molecule has 20 heavy (non-hydrogen) atoms. The van der Waals surface area contributed by atoms with Crippen LogP contribution in [0.2, 0.25) is 0 Å². The molecule has 0 saturated heterocycles. The third kappa shape index (κ3) is 2.44. The fourth-order valence-corrected chi connectivity index (χ4v) is 3.35. The van der Waals surface area contributed by atoms with Gasteiger partial charge in [0.25, 0.3) is 0 Å².